The normalized spacial score (nSPS) is 16.8. The molecule has 8 nitrogen and oxygen atoms in total. The highest BCUT2D eigenvalue weighted by atomic mass is 35.5. The van der Waals surface area contributed by atoms with Crippen LogP contribution in [0.15, 0.2) is 23.1 Å². The molecule has 0 unspecified atom stereocenters. The van der Waals surface area contributed by atoms with Crippen molar-refractivity contribution in [3.05, 3.63) is 33.0 Å². The summed E-state index contributed by atoms with van der Waals surface area (Å²) in [5.41, 5.74) is 0. The van der Waals surface area contributed by atoms with Crippen LogP contribution in [0.25, 0.3) is 0 Å². The zero-order valence-electron chi connectivity index (χ0n) is 15.6. The van der Waals surface area contributed by atoms with Crippen LogP contribution in [0, 0.1) is 10.7 Å². The number of piperazine rings is 1. The molecule has 1 saturated heterocycles. The quantitative estimate of drug-likeness (QED) is 0.611. The fourth-order valence-electron chi connectivity index (χ4n) is 3.01. The van der Waals surface area contributed by atoms with E-state index >= 15 is 0 Å². The largest absolute Gasteiger partial charge is 0.282 e. The second-order valence-corrected chi connectivity index (χ2v) is 10.1. The van der Waals surface area contributed by atoms with Gasteiger partial charge in [0, 0.05) is 32.7 Å². The standard InChI is InChI=1S/C16H22Cl2N6O2S2/c1-12(2)10-23-16(27)24(20-19-23)11-21-6-8-22(9-7-21)28(25,26)15-13(17)4-3-5-14(15)18/h3-5,12H,6-11H2,1-2H3. The van der Waals surface area contributed by atoms with Crippen LogP contribution >= 0.6 is 35.4 Å². The maximum atomic E-state index is 12.9. The first-order valence-corrected chi connectivity index (χ1v) is 11.5. The Morgan fingerprint density at radius 2 is 1.64 bits per heavy atom. The lowest BCUT2D eigenvalue weighted by Gasteiger charge is -2.33. The van der Waals surface area contributed by atoms with E-state index in [0.717, 1.165) is 0 Å². The van der Waals surface area contributed by atoms with Gasteiger partial charge in [-0.25, -0.2) is 17.8 Å². The number of sulfonamides is 1. The first-order valence-electron chi connectivity index (χ1n) is 8.87. The SMILES string of the molecule is CC(C)Cn1nnn(CN2CCN(S(=O)(=O)c3c(Cl)cccc3Cl)CC2)c1=S. The van der Waals surface area contributed by atoms with Gasteiger partial charge in [-0.1, -0.05) is 43.1 Å². The van der Waals surface area contributed by atoms with Crippen molar-refractivity contribution >= 4 is 45.4 Å². The van der Waals surface area contributed by atoms with E-state index in [4.69, 9.17) is 35.4 Å². The van der Waals surface area contributed by atoms with Crippen LogP contribution in [0.2, 0.25) is 10.0 Å². The molecule has 154 valence electrons. The minimum absolute atomic E-state index is 0.0365. The number of halogens is 2. The predicted molar refractivity (Wildman–Crippen MR) is 110 cm³/mol. The zero-order valence-corrected chi connectivity index (χ0v) is 18.8. The molecule has 1 aliphatic heterocycles. The number of nitrogens with zero attached hydrogens (tertiary/aromatic N) is 6. The number of rotatable bonds is 6. The third kappa shape index (κ3) is 4.58. The Labute approximate surface area is 179 Å². The summed E-state index contributed by atoms with van der Waals surface area (Å²) in [6.07, 6.45) is 0. The van der Waals surface area contributed by atoms with E-state index in [0.29, 0.717) is 50.1 Å². The van der Waals surface area contributed by atoms with Gasteiger partial charge in [0.05, 0.1) is 16.7 Å². The molecule has 2 heterocycles. The van der Waals surface area contributed by atoms with E-state index in [2.05, 4.69) is 29.2 Å². The van der Waals surface area contributed by atoms with Gasteiger partial charge >= 0.3 is 0 Å². The molecule has 1 aliphatic rings. The lowest BCUT2D eigenvalue weighted by atomic mass is 10.2. The van der Waals surface area contributed by atoms with Crippen LogP contribution in [0.5, 0.6) is 0 Å². The highest BCUT2D eigenvalue weighted by molar-refractivity contribution is 7.89. The van der Waals surface area contributed by atoms with Gasteiger partial charge < -0.3 is 0 Å². The molecular formula is C16H22Cl2N6O2S2. The Morgan fingerprint density at radius 3 is 2.21 bits per heavy atom. The average molecular weight is 465 g/mol. The number of hydrogen-bond acceptors (Lipinski definition) is 6. The summed E-state index contributed by atoms with van der Waals surface area (Å²) in [7, 11) is -3.75. The van der Waals surface area contributed by atoms with Crippen LogP contribution in [-0.2, 0) is 23.2 Å². The molecule has 3 rings (SSSR count). The molecule has 0 amide bonds. The first-order chi connectivity index (χ1) is 13.2. The van der Waals surface area contributed by atoms with Crippen molar-refractivity contribution in [1.29, 1.82) is 0 Å². The van der Waals surface area contributed by atoms with Crippen molar-refractivity contribution in [3.8, 4) is 0 Å². The van der Waals surface area contributed by atoms with E-state index in [9.17, 15) is 8.42 Å². The lowest BCUT2D eigenvalue weighted by molar-refractivity contribution is 0.143. The maximum Gasteiger partial charge on any atom is 0.246 e. The zero-order chi connectivity index (χ0) is 20.5. The monoisotopic (exact) mass is 464 g/mol. The summed E-state index contributed by atoms with van der Waals surface area (Å²) in [6.45, 7) is 7.10. The molecule has 0 saturated carbocycles. The Morgan fingerprint density at radius 1 is 1.07 bits per heavy atom. The van der Waals surface area contributed by atoms with Crippen LogP contribution in [0.4, 0.5) is 0 Å². The van der Waals surface area contributed by atoms with E-state index < -0.39 is 10.0 Å². The van der Waals surface area contributed by atoms with Crippen molar-refractivity contribution in [2.75, 3.05) is 26.2 Å². The third-order valence-corrected chi connectivity index (χ3v) is 7.69. The molecule has 0 spiro atoms. The van der Waals surface area contributed by atoms with Crippen LogP contribution in [0.3, 0.4) is 0 Å². The molecule has 2 aromatic rings. The topological polar surface area (TPSA) is 76.3 Å². The van der Waals surface area contributed by atoms with Crippen molar-refractivity contribution in [2.24, 2.45) is 5.92 Å². The smallest absolute Gasteiger partial charge is 0.246 e. The molecule has 0 atom stereocenters. The Bertz CT molecular complexity index is 977. The van der Waals surface area contributed by atoms with Gasteiger partial charge in [0.1, 0.15) is 4.90 Å². The van der Waals surface area contributed by atoms with Crippen LogP contribution < -0.4 is 0 Å². The fourth-order valence-corrected chi connectivity index (χ4v) is 5.73. The summed E-state index contributed by atoms with van der Waals surface area (Å²) in [4.78, 5) is 2.05. The van der Waals surface area contributed by atoms with Gasteiger partial charge in [0.25, 0.3) is 0 Å². The van der Waals surface area contributed by atoms with E-state index in [1.54, 1.807) is 15.4 Å². The first kappa shape index (κ1) is 21.7. The fraction of sp³-hybridized carbons (Fsp3) is 0.562. The molecule has 1 aromatic carbocycles. The van der Waals surface area contributed by atoms with Crippen molar-refractivity contribution in [2.45, 2.75) is 32.0 Å². The number of aromatic nitrogens is 4. The highest BCUT2D eigenvalue weighted by Gasteiger charge is 2.32. The minimum Gasteiger partial charge on any atom is -0.282 e. The van der Waals surface area contributed by atoms with Crippen molar-refractivity contribution in [3.63, 3.8) is 0 Å². The molecule has 28 heavy (non-hydrogen) atoms. The summed E-state index contributed by atoms with van der Waals surface area (Å²) in [6, 6.07) is 4.68. The van der Waals surface area contributed by atoms with E-state index in [1.807, 2.05) is 0 Å². The van der Waals surface area contributed by atoms with Gasteiger partial charge in [0.15, 0.2) is 0 Å². The van der Waals surface area contributed by atoms with Crippen molar-refractivity contribution in [1.82, 2.24) is 29.0 Å². The molecule has 0 aliphatic carbocycles. The molecule has 12 heteroatoms. The average Bonchev–Trinajstić information content (AvgIpc) is 2.95. The molecular weight excluding hydrogens is 443 g/mol. The summed E-state index contributed by atoms with van der Waals surface area (Å²) < 4.78 is 31.2. The lowest BCUT2D eigenvalue weighted by Crippen LogP contribution is -2.49. The van der Waals surface area contributed by atoms with Gasteiger partial charge in [-0.3, -0.25) is 4.90 Å². The van der Waals surface area contributed by atoms with Crippen LogP contribution in [-0.4, -0.2) is 63.6 Å². The number of benzene rings is 1. The van der Waals surface area contributed by atoms with Gasteiger partial charge in [-0.05, 0) is 40.7 Å². The minimum atomic E-state index is -3.75. The molecule has 1 fully saturated rings. The Kier molecular flexibility index (Phi) is 6.78. The predicted octanol–water partition coefficient (Wildman–Crippen LogP) is 2.74. The van der Waals surface area contributed by atoms with Crippen molar-refractivity contribution < 1.29 is 8.42 Å². The molecule has 1 aromatic heterocycles. The molecule has 0 radical (unpaired) electrons. The highest BCUT2D eigenvalue weighted by Crippen LogP contribution is 2.31. The summed E-state index contributed by atoms with van der Waals surface area (Å²) in [5.74, 6) is 0.419. The van der Waals surface area contributed by atoms with E-state index in [1.165, 1.54) is 16.4 Å². The Balaban J connectivity index is 1.67. The number of hydrogen-bond donors (Lipinski definition) is 0. The Hall–Kier alpha value is -1.04. The van der Waals surface area contributed by atoms with Gasteiger partial charge in [-0.15, -0.1) is 0 Å². The number of tetrazole rings is 1. The third-order valence-electron chi connectivity index (χ3n) is 4.42. The molecule has 0 N–H and O–H groups in total. The van der Waals surface area contributed by atoms with Gasteiger partial charge in [0.2, 0.25) is 14.8 Å². The second kappa shape index (κ2) is 8.76. The maximum absolute atomic E-state index is 12.9. The second-order valence-electron chi connectivity index (χ2n) is 7.05. The summed E-state index contributed by atoms with van der Waals surface area (Å²) >= 11 is 17.6. The summed E-state index contributed by atoms with van der Waals surface area (Å²) in [5, 5.41) is 8.47. The van der Waals surface area contributed by atoms with Crippen LogP contribution in [0.1, 0.15) is 13.8 Å². The van der Waals surface area contributed by atoms with Gasteiger partial charge in [-0.2, -0.15) is 4.31 Å². The van der Waals surface area contributed by atoms with E-state index in [-0.39, 0.29) is 14.9 Å². The molecule has 0 bridgehead atoms.